The largest absolute Gasteiger partial charge is 0.346 e. The third-order valence-electron chi connectivity index (χ3n) is 2.09. The van der Waals surface area contributed by atoms with Gasteiger partial charge in [-0.3, -0.25) is 9.59 Å². The number of aryl methyl sites for hydroxylation is 1. The fourth-order valence-corrected chi connectivity index (χ4v) is 1.44. The lowest BCUT2D eigenvalue weighted by Gasteiger charge is -2.09. The first-order valence-corrected chi connectivity index (χ1v) is 5.43. The first-order valence-electron chi connectivity index (χ1n) is 5.05. The number of benzene rings is 1. The van der Waals surface area contributed by atoms with E-state index in [0.717, 1.165) is 5.56 Å². The molecule has 0 aliphatic rings. The van der Waals surface area contributed by atoms with Gasteiger partial charge < -0.3 is 16.4 Å². The van der Waals surface area contributed by atoms with Gasteiger partial charge in [0, 0.05) is 10.7 Å². The number of hydrogen-bond acceptors (Lipinski definition) is 3. The molecule has 17 heavy (non-hydrogen) atoms. The van der Waals surface area contributed by atoms with E-state index in [4.69, 9.17) is 17.3 Å². The van der Waals surface area contributed by atoms with Crippen molar-refractivity contribution in [1.29, 1.82) is 0 Å². The highest BCUT2D eigenvalue weighted by Gasteiger charge is 2.06. The molecule has 0 aliphatic heterocycles. The number of carbonyl (C=O) groups excluding carboxylic acids is 2. The first kappa shape index (κ1) is 13.5. The van der Waals surface area contributed by atoms with Crippen molar-refractivity contribution in [3.63, 3.8) is 0 Å². The van der Waals surface area contributed by atoms with Gasteiger partial charge in [-0.2, -0.15) is 0 Å². The smallest absolute Gasteiger partial charge is 0.243 e. The number of hydrogen-bond donors (Lipinski definition) is 3. The lowest BCUT2D eigenvalue weighted by molar-refractivity contribution is -0.123. The van der Waals surface area contributed by atoms with Gasteiger partial charge in [0.1, 0.15) is 0 Å². The van der Waals surface area contributed by atoms with E-state index in [2.05, 4.69) is 10.6 Å². The normalized spacial score (nSPS) is 9.82. The molecule has 0 heterocycles. The highest BCUT2D eigenvalue weighted by Crippen LogP contribution is 2.19. The van der Waals surface area contributed by atoms with E-state index in [1.54, 1.807) is 18.2 Å². The zero-order valence-corrected chi connectivity index (χ0v) is 10.2. The van der Waals surface area contributed by atoms with Crippen LogP contribution in [0.1, 0.15) is 5.56 Å². The van der Waals surface area contributed by atoms with Crippen LogP contribution in [0.5, 0.6) is 0 Å². The second-order valence-electron chi connectivity index (χ2n) is 3.49. The molecule has 6 heteroatoms. The summed E-state index contributed by atoms with van der Waals surface area (Å²) in [7, 11) is 0. The molecule has 2 amide bonds. The summed E-state index contributed by atoms with van der Waals surface area (Å²) >= 11 is 5.79. The molecule has 0 saturated heterocycles. The molecule has 1 aromatic rings. The van der Waals surface area contributed by atoms with Crippen molar-refractivity contribution in [1.82, 2.24) is 5.32 Å². The van der Waals surface area contributed by atoms with Gasteiger partial charge in [0.15, 0.2) is 0 Å². The zero-order valence-electron chi connectivity index (χ0n) is 9.42. The fraction of sp³-hybridized carbons (Fsp3) is 0.273. The summed E-state index contributed by atoms with van der Waals surface area (Å²) in [4.78, 5) is 22.3. The van der Waals surface area contributed by atoms with Crippen molar-refractivity contribution < 1.29 is 9.59 Å². The van der Waals surface area contributed by atoms with E-state index in [0.29, 0.717) is 10.7 Å². The van der Waals surface area contributed by atoms with E-state index in [-0.39, 0.29) is 24.9 Å². The molecular formula is C11H14ClN3O2. The molecule has 4 N–H and O–H groups in total. The summed E-state index contributed by atoms with van der Waals surface area (Å²) < 4.78 is 0. The number of halogens is 1. The molecule has 0 bridgehead atoms. The average Bonchev–Trinajstić information content (AvgIpc) is 2.29. The minimum atomic E-state index is -0.368. The highest BCUT2D eigenvalue weighted by atomic mass is 35.5. The number of rotatable bonds is 4. The first-order chi connectivity index (χ1) is 8.02. The lowest BCUT2D eigenvalue weighted by Crippen LogP contribution is -2.36. The molecule has 0 saturated carbocycles. The Bertz CT molecular complexity index is 435. The Morgan fingerprint density at radius 1 is 1.35 bits per heavy atom. The summed E-state index contributed by atoms with van der Waals surface area (Å²) in [5.41, 5.74) is 6.62. The van der Waals surface area contributed by atoms with E-state index < -0.39 is 0 Å². The summed E-state index contributed by atoms with van der Waals surface area (Å²) in [6.07, 6.45) is 0. The molecular weight excluding hydrogens is 242 g/mol. The second kappa shape index (κ2) is 6.22. The molecule has 5 nitrogen and oxygen atoms in total. The molecule has 0 atom stereocenters. The van der Waals surface area contributed by atoms with E-state index in [1.807, 2.05) is 6.92 Å². The third kappa shape index (κ3) is 4.42. The molecule has 1 aromatic carbocycles. The quantitative estimate of drug-likeness (QED) is 0.739. The van der Waals surface area contributed by atoms with E-state index in [9.17, 15) is 9.59 Å². The highest BCUT2D eigenvalue weighted by molar-refractivity contribution is 6.30. The molecule has 0 radical (unpaired) electrons. The van der Waals surface area contributed by atoms with Crippen molar-refractivity contribution >= 4 is 29.1 Å². The van der Waals surface area contributed by atoms with Gasteiger partial charge in [0.2, 0.25) is 11.8 Å². The van der Waals surface area contributed by atoms with Crippen molar-refractivity contribution in [2.45, 2.75) is 6.92 Å². The van der Waals surface area contributed by atoms with E-state index >= 15 is 0 Å². The summed E-state index contributed by atoms with van der Waals surface area (Å²) in [5.74, 6) is -0.676. The van der Waals surface area contributed by atoms with Gasteiger partial charge >= 0.3 is 0 Å². The maximum absolute atomic E-state index is 11.5. The monoisotopic (exact) mass is 255 g/mol. The SMILES string of the molecule is Cc1cc(Cl)ccc1NC(=O)CNC(=O)CN. The summed E-state index contributed by atoms with van der Waals surface area (Å²) in [6.45, 7) is 1.60. The van der Waals surface area contributed by atoms with E-state index in [1.165, 1.54) is 0 Å². The number of nitrogens with one attached hydrogen (secondary N) is 2. The Hall–Kier alpha value is -1.59. The molecule has 92 valence electrons. The maximum atomic E-state index is 11.5. The molecule has 0 unspecified atom stereocenters. The van der Waals surface area contributed by atoms with Gasteiger partial charge in [0.05, 0.1) is 13.1 Å². The molecule has 0 aromatic heterocycles. The fourth-order valence-electron chi connectivity index (χ4n) is 1.21. The van der Waals surface area contributed by atoms with Crippen LogP contribution in [0.3, 0.4) is 0 Å². The van der Waals surface area contributed by atoms with Crippen LogP contribution in [0.25, 0.3) is 0 Å². The van der Waals surface area contributed by atoms with Crippen molar-refractivity contribution in [2.24, 2.45) is 5.73 Å². The van der Waals surface area contributed by atoms with Crippen LogP contribution in [0.15, 0.2) is 18.2 Å². The summed E-state index contributed by atoms with van der Waals surface area (Å²) in [5, 5.41) is 5.65. The number of nitrogens with two attached hydrogens (primary N) is 1. The lowest BCUT2D eigenvalue weighted by atomic mass is 10.2. The van der Waals surface area contributed by atoms with Crippen LogP contribution >= 0.6 is 11.6 Å². The van der Waals surface area contributed by atoms with Crippen LogP contribution in [0.4, 0.5) is 5.69 Å². The van der Waals surface area contributed by atoms with Crippen LogP contribution < -0.4 is 16.4 Å². The molecule has 0 fully saturated rings. The Labute approximate surface area is 104 Å². The van der Waals surface area contributed by atoms with Crippen LogP contribution in [0, 0.1) is 6.92 Å². The third-order valence-corrected chi connectivity index (χ3v) is 2.33. The number of anilines is 1. The van der Waals surface area contributed by atoms with Crippen LogP contribution in [0.2, 0.25) is 5.02 Å². The molecule has 1 rings (SSSR count). The van der Waals surface area contributed by atoms with Crippen molar-refractivity contribution in [2.75, 3.05) is 18.4 Å². The predicted octanol–water partition coefficient (Wildman–Crippen LogP) is 0.662. The Morgan fingerprint density at radius 2 is 2.06 bits per heavy atom. The molecule has 0 aliphatic carbocycles. The van der Waals surface area contributed by atoms with Gasteiger partial charge in [0.25, 0.3) is 0 Å². The zero-order chi connectivity index (χ0) is 12.8. The standard InChI is InChI=1S/C11H14ClN3O2/c1-7-4-8(12)2-3-9(7)15-11(17)6-14-10(16)5-13/h2-4H,5-6,13H2,1H3,(H,14,16)(H,15,17). The second-order valence-corrected chi connectivity index (χ2v) is 3.92. The van der Waals surface area contributed by atoms with Crippen LogP contribution in [-0.2, 0) is 9.59 Å². The number of amides is 2. The topological polar surface area (TPSA) is 84.2 Å². The van der Waals surface area contributed by atoms with Gasteiger partial charge in [-0.25, -0.2) is 0 Å². The average molecular weight is 256 g/mol. The van der Waals surface area contributed by atoms with Crippen LogP contribution in [-0.4, -0.2) is 24.9 Å². The maximum Gasteiger partial charge on any atom is 0.243 e. The van der Waals surface area contributed by atoms with Crippen molar-refractivity contribution in [3.05, 3.63) is 28.8 Å². The van der Waals surface area contributed by atoms with Crippen molar-refractivity contribution in [3.8, 4) is 0 Å². The van der Waals surface area contributed by atoms with Gasteiger partial charge in [-0.05, 0) is 30.7 Å². The Morgan fingerprint density at radius 3 is 2.65 bits per heavy atom. The minimum absolute atomic E-state index is 0.0991. The molecule has 0 spiro atoms. The summed E-state index contributed by atoms with van der Waals surface area (Å²) in [6, 6.07) is 5.14. The van der Waals surface area contributed by atoms with Gasteiger partial charge in [-0.1, -0.05) is 11.6 Å². The Balaban J connectivity index is 2.53. The minimum Gasteiger partial charge on any atom is -0.346 e. The number of carbonyl (C=O) groups is 2. The predicted molar refractivity (Wildman–Crippen MR) is 66.9 cm³/mol. The Kier molecular flexibility index (Phi) is 4.93. The van der Waals surface area contributed by atoms with Gasteiger partial charge in [-0.15, -0.1) is 0 Å².